The van der Waals surface area contributed by atoms with E-state index in [1.54, 1.807) is 12.1 Å². The van der Waals surface area contributed by atoms with Gasteiger partial charge >= 0.3 is 6.18 Å². The van der Waals surface area contributed by atoms with Gasteiger partial charge < -0.3 is 24.8 Å². The first kappa shape index (κ1) is 20.2. The summed E-state index contributed by atoms with van der Waals surface area (Å²) in [6.45, 7) is -0.111. The number of alkyl halides is 3. The highest BCUT2D eigenvalue weighted by molar-refractivity contribution is 5.93. The number of rotatable bonds is 7. The van der Waals surface area contributed by atoms with Crippen LogP contribution in [0.2, 0.25) is 0 Å². The minimum atomic E-state index is -4.42. The first-order valence-corrected chi connectivity index (χ1v) is 7.79. The van der Waals surface area contributed by atoms with Gasteiger partial charge in [0.25, 0.3) is 0 Å². The summed E-state index contributed by atoms with van der Waals surface area (Å²) in [6, 6.07) is 7.46. The number of amides is 1. The molecule has 0 unspecified atom stereocenters. The Balaban J connectivity index is 2.01. The van der Waals surface area contributed by atoms with Crippen LogP contribution in [-0.2, 0) is 11.0 Å². The van der Waals surface area contributed by atoms with Gasteiger partial charge in [-0.1, -0.05) is 0 Å². The van der Waals surface area contributed by atoms with E-state index >= 15 is 0 Å². The molecule has 2 aromatic carbocycles. The van der Waals surface area contributed by atoms with E-state index in [4.69, 9.17) is 14.2 Å². The maximum atomic E-state index is 12.5. The van der Waals surface area contributed by atoms with Crippen LogP contribution in [0.25, 0.3) is 0 Å². The van der Waals surface area contributed by atoms with Crippen LogP contribution in [-0.4, -0.2) is 33.8 Å². The quantitative estimate of drug-likeness (QED) is 0.760. The van der Waals surface area contributed by atoms with Crippen LogP contribution >= 0.6 is 0 Å². The summed E-state index contributed by atoms with van der Waals surface area (Å²) in [7, 11) is 4.42. The Morgan fingerprint density at radius 1 is 0.926 bits per heavy atom. The van der Waals surface area contributed by atoms with Gasteiger partial charge in [0.05, 0.1) is 33.4 Å². The molecule has 2 rings (SSSR count). The molecule has 0 saturated carbocycles. The van der Waals surface area contributed by atoms with E-state index in [2.05, 4.69) is 10.6 Å². The summed E-state index contributed by atoms with van der Waals surface area (Å²) in [5.74, 6) is 0.827. The molecule has 0 aliphatic heterocycles. The standard InChI is InChI=1S/C18H19F3N2O4/c1-25-14-8-13(9-15(26-2)17(14)27-3)22-10-16(24)23-12-6-4-11(5-7-12)18(19,20)21/h4-9,22H,10H2,1-3H3,(H,23,24). The van der Waals surface area contributed by atoms with E-state index in [0.29, 0.717) is 22.9 Å². The first-order valence-electron chi connectivity index (χ1n) is 7.79. The molecule has 1 amide bonds. The molecule has 0 aliphatic rings. The Hall–Kier alpha value is -3.10. The molecule has 0 aromatic heterocycles. The molecule has 9 heteroatoms. The number of hydrogen-bond donors (Lipinski definition) is 2. The largest absolute Gasteiger partial charge is 0.493 e. The number of halogens is 3. The summed E-state index contributed by atoms with van der Waals surface area (Å²) in [5, 5.41) is 5.41. The molecule has 2 aromatic rings. The predicted octanol–water partition coefficient (Wildman–Crippen LogP) is 3.78. The third kappa shape index (κ3) is 5.19. The Bertz CT molecular complexity index is 767. The van der Waals surface area contributed by atoms with Crippen molar-refractivity contribution in [3.8, 4) is 17.2 Å². The molecule has 0 bridgehead atoms. The zero-order valence-electron chi connectivity index (χ0n) is 14.9. The zero-order valence-corrected chi connectivity index (χ0v) is 14.9. The van der Waals surface area contributed by atoms with Crippen LogP contribution in [0.4, 0.5) is 24.5 Å². The lowest BCUT2D eigenvalue weighted by atomic mass is 10.2. The minimum Gasteiger partial charge on any atom is -0.493 e. The van der Waals surface area contributed by atoms with E-state index in [0.717, 1.165) is 12.1 Å². The number of hydrogen-bond acceptors (Lipinski definition) is 5. The molecular weight excluding hydrogens is 365 g/mol. The van der Waals surface area contributed by atoms with Crippen molar-refractivity contribution < 1.29 is 32.2 Å². The van der Waals surface area contributed by atoms with Crippen LogP contribution in [0.15, 0.2) is 36.4 Å². The molecule has 146 valence electrons. The number of anilines is 2. The highest BCUT2D eigenvalue weighted by atomic mass is 19.4. The second-order valence-corrected chi connectivity index (χ2v) is 5.39. The molecule has 0 spiro atoms. The van der Waals surface area contributed by atoms with Crippen molar-refractivity contribution in [3.05, 3.63) is 42.0 Å². The van der Waals surface area contributed by atoms with Crippen molar-refractivity contribution in [2.24, 2.45) is 0 Å². The van der Waals surface area contributed by atoms with Gasteiger partial charge in [-0.05, 0) is 24.3 Å². The van der Waals surface area contributed by atoms with E-state index < -0.39 is 17.6 Å². The summed E-state index contributed by atoms with van der Waals surface area (Å²) in [4.78, 5) is 12.0. The number of carbonyl (C=O) groups excluding carboxylic acids is 1. The average Bonchev–Trinajstić information content (AvgIpc) is 2.65. The molecular formula is C18H19F3N2O4. The fourth-order valence-electron chi connectivity index (χ4n) is 2.31. The van der Waals surface area contributed by atoms with Crippen molar-refractivity contribution in [1.29, 1.82) is 0 Å². The summed E-state index contributed by atoms with van der Waals surface area (Å²) >= 11 is 0. The SMILES string of the molecule is COc1cc(NCC(=O)Nc2ccc(C(F)(F)F)cc2)cc(OC)c1OC. The number of nitrogens with one attached hydrogen (secondary N) is 2. The van der Waals surface area contributed by atoms with Crippen molar-refractivity contribution in [2.45, 2.75) is 6.18 Å². The van der Waals surface area contributed by atoms with Crippen LogP contribution < -0.4 is 24.8 Å². The lowest BCUT2D eigenvalue weighted by Gasteiger charge is -2.15. The molecule has 0 atom stereocenters. The van der Waals surface area contributed by atoms with Crippen LogP contribution in [0.5, 0.6) is 17.2 Å². The number of benzene rings is 2. The molecule has 0 fully saturated rings. The monoisotopic (exact) mass is 384 g/mol. The molecule has 27 heavy (non-hydrogen) atoms. The number of carbonyl (C=O) groups is 1. The topological polar surface area (TPSA) is 68.8 Å². The minimum absolute atomic E-state index is 0.111. The molecule has 0 heterocycles. The van der Waals surface area contributed by atoms with Gasteiger partial charge in [-0.3, -0.25) is 4.79 Å². The fourth-order valence-corrected chi connectivity index (χ4v) is 2.31. The van der Waals surface area contributed by atoms with Gasteiger partial charge in [0.15, 0.2) is 11.5 Å². The Kier molecular flexibility index (Phi) is 6.38. The second kappa shape index (κ2) is 8.52. The molecule has 2 N–H and O–H groups in total. The van der Waals surface area contributed by atoms with Crippen LogP contribution in [0.1, 0.15) is 5.56 Å². The maximum Gasteiger partial charge on any atom is 0.416 e. The average molecular weight is 384 g/mol. The van der Waals surface area contributed by atoms with Crippen molar-refractivity contribution in [1.82, 2.24) is 0 Å². The van der Waals surface area contributed by atoms with Crippen molar-refractivity contribution in [2.75, 3.05) is 38.5 Å². The van der Waals surface area contributed by atoms with Gasteiger partial charge in [-0.15, -0.1) is 0 Å². The Labute approximate surface area is 154 Å². The molecule has 0 saturated heterocycles. The molecule has 6 nitrogen and oxygen atoms in total. The maximum absolute atomic E-state index is 12.5. The Morgan fingerprint density at radius 2 is 1.48 bits per heavy atom. The third-order valence-corrected chi connectivity index (χ3v) is 3.61. The van der Waals surface area contributed by atoms with E-state index in [-0.39, 0.29) is 12.2 Å². The van der Waals surface area contributed by atoms with E-state index in [9.17, 15) is 18.0 Å². The zero-order chi connectivity index (χ0) is 20.0. The number of ether oxygens (including phenoxy) is 3. The van der Waals surface area contributed by atoms with E-state index in [1.165, 1.54) is 33.5 Å². The van der Waals surface area contributed by atoms with Gasteiger partial charge in [0.2, 0.25) is 11.7 Å². The first-order chi connectivity index (χ1) is 12.8. The highest BCUT2D eigenvalue weighted by Gasteiger charge is 2.29. The van der Waals surface area contributed by atoms with Crippen molar-refractivity contribution in [3.63, 3.8) is 0 Å². The van der Waals surface area contributed by atoms with E-state index in [1.807, 2.05) is 0 Å². The van der Waals surface area contributed by atoms with Gasteiger partial charge in [-0.2, -0.15) is 13.2 Å². The molecule has 0 aliphatic carbocycles. The smallest absolute Gasteiger partial charge is 0.416 e. The van der Waals surface area contributed by atoms with Crippen LogP contribution in [0, 0.1) is 0 Å². The summed E-state index contributed by atoms with van der Waals surface area (Å²) < 4.78 is 53.3. The Morgan fingerprint density at radius 3 is 1.93 bits per heavy atom. The lowest BCUT2D eigenvalue weighted by molar-refractivity contribution is -0.137. The van der Waals surface area contributed by atoms with Crippen molar-refractivity contribution >= 4 is 17.3 Å². The lowest BCUT2D eigenvalue weighted by Crippen LogP contribution is -2.21. The van der Waals surface area contributed by atoms with Gasteiger partial charge in [0, 0.05) is 23.5 Å². The second-order valence-electron chi connectivity index (χ2n) is 5.39. The van der Waals surface area contributed by atoms with Gasteiger partial charge in [0.1, 0.15) is 0 Å². The molecule has 0 radical (unpaired) electrons. The number of methoxy groups -OCH3 is 3. The predicted molar refractivity (Wildman–Crippen MR) is 94.7 cm³/mol. The van der Waals surface area contributed by atoms with Crippen LogP contribution in [0.3, 0.4) is 0 Å². The third-order valence-electron chi connectivity index (χ3n) is 3.61. The van der Waals surface area contributed by atoms with Gasteiger partial charge in [-0.25, -0.2) is 0 Å². The summed E-state index contributed by atoms with van der Waals surface area (Å²) in [6.07, 6.45) is -4.42. The summed E-state index contributed by atoms with van der Waals surface area (Å²) in [5.41, 5.74) is 0.0304. The fraction of sp³-hybridized carbons (Fsp3) is 0.278. The highest BCUT2D eigenvalue weighted by Crippen LogP contribution is 2.39. The normalized spacial score (nSPS) is 10.9.